The third-order valence-corrected chi connectivity index (χ3v) is 5.03. The zero-order valence-electron chi connectivity index (χ0n) is 17.0. The molecule has 0 spiro atoms. The maximum absolute atomic E-state index is 14.8. The molecule has 0 fully saturated rings. The molecule has 4 rings (SSSR count). The van der Waals surface area contributed by atoms with Gasteiger partial charge in [-0.1, -0.05) is 36.4 Å². The summed E-state index contributed by atoms with van der Waals surface area (Å²) in [6.45, 7) is 0.324. The third kappa shape index (κ3) is 4.59. The molecule has 0 bridgehead atoms. The van der Waals surface area contributed by atoms with Crippen LogP contribution in [0.15, 0.2) is 73.1 Å². The number of carbonyl (C=O) groups excluding carboxylic acids is 2. The van der Waals surface area contributed by atoms with Crippen LogP contribution in [0.5, 0.6) is 11.5 Å². The van der Waals surface area contributed by atoms with Crippen LogP contribution in [-0.2, 0) is 16.0 Å². The van der Waals surface area contributed by atoms with Crippen molar-refractivity contribution >= 4 is 22.8 Å². The number of rotatable bonds is 8. The minimum Gasteiger partial charge on any atom is -0.453 e. The second-order valence-electron chi connectivity index (χ2n) is 7.20. The topological polar surface area (TPSA) is 110 Å². The molecule has 4 aromatic rings. The fraction of sp³-hybridized carbons (Fsp3) is 0.125. The van der Waals surface area contributed by atoms with Crippen LogP contribution in [0.1, 0.15) is 17.0 Å². The van der Waals surface area contributed by atoms with Crippen LogP contribution in [0.25, 0.3) is 11.0 Å². The highest BCUT2D eigenvalue weighted by atomic mass is 19.1. The van der Waals surface area contributed by atoms with Gasteiger partial charge in [-0.05, 0) is 41.8 Å². The summed E-state index contributed by atoms with van der Waals surface area (Å²) in [5, 5.41) is 3.40. The molecule has 2 amide bonds. The van der Waals surface area contributed by atoms with Crippen LogP contribution < -0.4 is 15.8 Å². The quantitative estimate of drug-likeness (QED) is 0.371. The van der Waals surface area contributed by atoms with Crippen molar-refractivity contribution in [3.63, 3.8) is 0 Å². The molecule has 0 saturated heterocycles. The van der Waals surface area contributed by atoms with E-state index in [4.69, 9.17) is 10.5 Å². The molecule has 2 heterocycles. The number of aromatic amines is 1. The lowest BCUT2D eigenvalue weighted by Gasteiger charge is -2.15. The molecule has 7 nitrogen and oxygen atoms in total. The minimum absolute atomic E-state index is 0.0462. The molecule has 2 aromatic carbocycles. The van der Waals surface area contributed by atoms with Crippen molar-refractivity contribution in [2.75, 3.05) is 6.54 Å². The molecule has 32 heavy (non-hydrogen) atoms. The number of nitrogens with one attached hydrogen (secondary N) is 2. The summed E-state index contributed by atoms with van der Waals surface area (Å²) in [5.41, 5.74) is 7.26. The van der Waals surface area contributed by atoms with Crippen LogP contribution in [-0.4, -0.2) is 28.3 Å². The van der Waals surface area contributed by atoms with Gasteiger partial charge in [0, 0.05) is 18.9 Å². The molecule has 0 aliphatic heterocycles. The highest BCUT2D eigenvalue weighted by Gasteiger charge is 2.27. The first-order valence-corrected chi connectivity index (χ1v) is 10.0. The summed E-state index contributed by atoms with van der Waals surface area (Å²) >= 11 is 0. The van der Waals surface area contributed by atoms with Gasteiger partial charge in [0.25, 0.3) is 0 Å². The molecule has 162 valence electrons. The number of amides is 2. The van der Waals surface area contributed by atoms with Crippen LogP contribution in [0, 0.1) is 5.82 Å². The molecule has 0 saturated carbocycles. The number of hydrogen-bond acceptors (Lipinski definition) is 4. The number of carbonyl (C=O) groups is 2. The fourth-order valence-corrected chi connectivity index (χ4v) is 3.44. The number of benzene rings is 2. The Kier molecular flexibility index (Phi) is 6.12. The first kappa shape index (κ1) is 21.0. The van der Waals surface area contributed by atoms with E-state index < -0.39 is 23.5 Å². The van der Waals surface area contributed by atoms with Gasteiger partial charge in [0.1, 0.15) is 17.3 Å². The molecule has 2 aromatic heterocycles. The first-order valence-electron chi connectivity index (χ1n) is 10.0. The van der Waals surface area contributed by atoms with Crippen LogP contribution in [0.4, 0.5) is 4.39 Å². The zero-order valence-corrected chi connectivity index (χ0v) is 17.0. The summed E-state index contributed by atoms with van der Waals surface area (Å²) < 4.78 is 20.5. The number of nitrogens with zero attached hydrogens (tertiary/aromatic N) is 1. The summed E-state index contributed by atoms with van der Waals surface area (Å²) in [7, 11) is 0. The third-order valence-electron chi connectivity index (χ3n) is 5.03. The van der Waals surface area contributed by atoms with E-state index in [-0.39, 0.29) is 11.3 Å². The largest absolute Gasteiger partial charge is 0.453 e. The van der Waals surface area contributed by atoms with Gasteiger partial charge in [-0.15, -0.1) is 0 Å². The Labute approximate surface area is 183 Å². The Bertz CT molecular complexity index is 1260. The maximum atomic E-state index is 14.8. The second kappa shape index (κ2) is 9.30. The van der Waals surface area contributed by atoms with E-state index in [0.717, 1.165) is 11.6 Å². The Hall–Kier alpha value is -4.20. The van der Waals surface area contributed by atoms with Crippen LogP contribution >= 0.6 is 0 Å². The summed E-state index contributed by atoms with van der Waals surface area (Å²) in [5.74, 6) is -3.09. The molecule has 4 N–H and O–H groups in total. The van der Waals surface area contributed by atoms with Crippen molar-refractivity contribution in [1.82, 2.24) is 15.3 Å². The molecule has 0 radical (unpaired) electrons. The number of nitrogens with two attached hydrogens (primary N) is 1. The van der Waals surface area contributed by atoms with E-state index in [1.807, 2.05) is 30.3 Å². The second-order valence-corrected chi connectivity index (χ2v) is 7.20. The minimum atomic E-state index is -1.31. The number of pyridine rings is 1. The van der Waals surface area contributed by atoms with Crippen molar-refractivity contribution in [1.29, 1.82) is 0 Å². The Balaban J connectivity index is 1.48. The molecule has 0 aliphatic carbocycles. The monoisotopic (exact) mass is 432 g/mol. The summed E-state index contributed by atoms with van der Waals surface area (Å²) in [4.78, 5) is 31.7. The summed E-state index contributed by atoms with van der Waals surface area (Å²) in [6.07, 6.45) is 3.85. The number of hydrogen-bond donors (Lipinski definition) is 3. The van der Waals surface area contributed by atoms with E-state index in [1.165, 1.54) is 12.1 Å². The molecular weight excluding hydrogens is 411 g/mol. The SMILES string of the molecule is NC(=O)C(C(=O)NCCc1ccccc1)c1ccc(Oc2ccnc3[nH]ccc23)c(F)c1. The predicted molar refractivity (Wildman–Crippen MR) is 118 cm³/mol. The normalized spacial score (nSPS) is 11.8. The predicted octanol–water partition coefficient (Wildman–Crippen LogP) is 3.42. The van der Waals surface area contributed by atoms with Gasteiger partial charge in [0.05, 0.1) is 5.39 Å². The van der Waals surface area contributed by atoms with Crippen molar-refractivity contribution in [3.8, 4) is 11.5 Å². The number of H-pyrrole nitrogens is 1. The van der Waals surface area contributed by atoms with Gasteiger partial charge in [-0.2, -0.15) is 0 Å². The summed E-state index contributed by atoms with van der Waals surface area (Å²) in [6, 6.07) is 16.9. The van der Waals surface area contributed by atoms with Gasteiger partial charge >= 0.3 is 0 Å². The Morgan fingerprint density at radius 1 is 1.09 bits per heavy atom. The average Bonchev–Trinajstić information content (AvgIpc) is 3.26. The van der Waals surface area contributed by atoms with Crippen LogP contribution in [0.2, 0.25) is 0 Å². The van der Waals surface area contributed by atoms with Crippen molar-refractivity contribution in [2.24, 2.45) is 5.73 Å². The smallest absolute Gasteiger partial charge is 0.237 e. The van der Waals surface area contributed by atoms with Crippen LogP contribution in [0.3, 0.4) is 0 Å². The molecule has 0 aliphatic rings. The number of fused-ring (bicyclic) bond motifs is 1. The molecule has 8 heteroatoms. The lowest BCUT2D eigenvalue weighted by Crippen LogP contribution is -2.38. The van der Waals surface area contributed by atoms with Crippen molar-refractivity contribution in [2.45, 2.75) is 12.3 Å². The fourth-order valence-electron chi connectivity index (χ4n) is 3.44. The van der Waals surface area contributed by atoms with Crippen molar-refractivity contribution < 1.29 is 18.7 Å². The lowest BCUT2D eigenvalue weighted by molar-refractivity contribution is -0.129. The highest BCUT2D eigenvalue weighted by molar-refractivity contribution is 6.05. The van der Waals surface area contributed by atoms with Gasteiger partial charge < -0.3 is 20.8 Å². The standard InChI is InChI=1S/C24H21FN4O3/c25-18-14-16(6-7-20(18)32-19-10-13-28-23-17(19)9-12-27-23)21(22(26)30)24(31)29-11-8-15-4-2-1-3-5-15/h1-7,9-10,12-14,21H,8,11H2,(H2,26,30)(H,27,28)(H,29,31). The number of aromatic nitrogens is 2. The van der Waals surface area contributed by atoms with E-state index in [2.05, 4.69) is 15.3 Å². The van der Waals surface area contributed by atoms with E-state index in [9.17, 15) is 14.0 Å². The van der Waals surface area contributed by atoms with E-state index >= 15 is 0 Å². The average molecular weight is 432 g/mol. The molecule has 1 unspecified atom stereocenters. The Morgan fingerprint density at radius 2 is 1.91 bits per heavy atom. The Morgan fingerprint density at radius 3 is 2.66 bits per heavy atom. The molecular formula is C24H21FN4O3. The van der Waals surface area contributed by atoms with Crippen molar-refractivity contribution in [3.05, 3.63) is 90.0 Å². The van der Waals surface area contributed by atoms with Gasteiger partial charge in [-0.25, -0.2) is 9.37 Å². The van der Waals surface area contributed by atoms with Gasteiger partial charge in [0.2, 0.25) is 11.8 Å². The van der Waals surface area contributed by atoms with Gasteiger partial charge in [-0.3, -0.25) is 9.59 Å². The first-order chi connectivity index (χ1) is 15.5. The molecule has 1 atom stereocenters. The highest BCUT2D eigenvalue weighted by Crippen LogP contribution is 2.31. The maximum Gasteiger partial charge on any atom is 0.237 e. The zero-order chi connectivity index (χ0) is 22.5. The van der Waals surface area contributed by atoms with Gasteiger partial charge in [0.15, 0.2) is 11.6 Å². The van der Waals surface area contributed by atoms with E-state index in [0.29, 0.717) is 29.7 Å². The lowest BCUT2D eigenvalue weighted by atomic mass is 9.97. The number of ether oxygens (including phenoxy) is 1. The number of primary amides is 1. The van der Waals surface area contributed by atoms with E-state index in [1.54, 1.807) is 24.5 Å². The number of halogens is 1.